The molecule has 2 saturated heterocycles. The summed E-state index contributed by atoms with van der Waals surface area (Å²) < 4.78 is 29.3. The molecule has 1 amide bonds. The van der Waals surface area contributed by atoms with E-state index < -0.39 is 10.0 Å². The van der Waals surface area contributed by atoms with Crippen LogP contribution in [0.4, 0.5) is 0 Å². The van der Waals surface area contributed by atoms with E-state index in [-0.39, 0.29) is 5.91 Å². The third-order valence-corrected chi connectivity index (χ3v) is 9.00. The van der Waals surface area contributed by atoms with Crippen LogP contribution >= 0.6 is 11.8 Å². The van der Waals surface area contributed by atoms with Crippen molar-refractivity contribution in [3.8, 4) is 11.4 Å². The highest BCUT2D eigenvalue weighted by molar-refractivity contribution is 7.99. The zero-order valence-corrected chi connectivity index (χ0v) is 20.2. The standard InChI is InChI=1S/C22H31N5O3S2/c1-2-27-21(23-24-22(27)31-17-20(28)25-13-5-3-6-14-25)18-9-11-19(12-10-18)32(29,30)26-15-7-4-8-16-26/h9-12H,2-8,13-17H2,1H3. The Morgan fingerprint density at radius 1 is 0.938 bits per heavy atom. The Morgan fingerprint density at radius 3 is 2.19 bits per heavy atom. The predicted molar refractivity (Wildman–Crippen MR) is 125 cm³/mol. The Morgan fingerprint density at radius 2 is 1.56 bits per heavy atom. The molecule has 4 rings (SSSR count). The number of sulfonamides is 1. The Balaban J connectivity index is 1.46. The predicted octanol–water partition coefficient (Wildman–Crippen LogP) is 3.24. The van der Waals surface area contributed by atoms with E-state index in [1.807, 2.05) is 16.4 Å². The molecular formula is C22H31N5O3S2. The molecule has 2 aliphatic rings. The van der Waals surface area contributed by atoms with E-state index in [0.717, 1.165) is 50.8 Å². The maximum Gasteiger partial charge on any atom is 0.243 e. The quantitative estimate of drug-likeness (QED) is 0.569. The summed E-state index contributed by atoms with van der Waals surface area (Å²) in [6.45, 7) is 5.54. The Labute approximate surface area is 194 Å². The lowest BCUT2D eigenvalue weighted by Crippen LogP contribution is -2.36. The number of piperidine rings is 2. The zero-order valence-electron chi connectivity index (χ0n) is 18.6. The van der Waals surface area contributed by atoms with E-state index >= 15 is 0 Å². The Kier molecular flexibility index (Phi) is 7.52. The highest BCUT2D eigenvalue weighted by atomic mass is 32.2. The van der Waals surface area contributed by atoms with Gasteiger partial charge in [0.25, 0.3) is 0 Å². The molecule has 1 aromatic heterocycles. The van der Waals surface area contributed by atoms with Crippen LogP contribution in [0.2, 0.25) is 0 Å². The number of likely N-dealkylation sites (tertiary alicyclic amines) is 1. The van der Waals surface area contributed by atoms with Crippen molar-refractivity contribution in [1.29, 1.82) is 0 Å². The van der Waals surface area contributed by atoms with Crippen LogP contribution in [0, 0.1) is 0 Å². The molecule has 32 heavy (non-hydrogen) atoms. The van der Waals surface area contributed by atoms with E-state index in [2.05, 4.69) is 10.2 Å². The molecule has 0 spiro atoms. The second kappa shape index (κ2) is 10.4. The second-order valence-corrected chi connectivity index (χ2v) is 11.2. The molecule has 0 aliphatic carbocycles. The number of hydrogen-bond donors (Lipinski definition) is 0. The van der Waals surface area contributed by atoms with Crippen LogP contribution in [0.5, 0.6) is 0 Å². The largest absolute Gasteiger partial charge is 0.342 e. The van der Waals surface area contributed by atoms with Crippen molar-refractivity contribution in [1.82, 2.24) is 24.0 Å². The number of thioether (sulfide) groups is 1. The number of hydrogen-bond acceptors (Lipinski definition) is 6. The van der Waals surface area contributed by atoms with E-state index in [4.69, 9.17) is 0 Å². The van der Waals surface area contributed by atoms with Gasteiger partial charge in [0.05, 0.1) is 10.6 Å². The van der Waals surface area contributed by atoms with Gasteiger partial charge in [0.2, 0.25) is 15.9 Å². The molecule has 10 heteroatoms. The van der Waals surface area contributed by atoms with Crippen LogP contribution in [0.25, 0.3) is 11.4 Å². The third kappa shape index (κ3) is 5.02. The fourth-order valence-electron chi connectivity index (χ4n) is 4.29. The SMILES string of the molecule is CCn1c(SCC(=O)N2CCCCC2)nnc1-c1ccc(S(=O)(=O)N2CCCCC2)cc1. The molecule has 1 aromatic carbocycles. The number of benzene rings is 1. The average molecular weight is 478 g/mol. The summed E-state index contributed by atoms with van der Waals surface area (Å²) in [5.74, 6) is 1.18. The minimum atomic E-state index is -3.46. The van der Waals surface area contributed by atoms with Crippen molar-refractivity contribution < 1.29 is 13.2 Å². The molecular weight excluding hydrogens is 446 g/mol. The number of rotatable bonds is 7. The number of nitrogens with zero attached hydrogens (tertiary/aromatic N) is 5. The van der Waals surface area contributed by atoms with E-state index in [9.17, 15) is 13.2 Å². The summed E-state index contributed by atoms with van der Waals surface area (Å²) in [7, 11) is -3.46. The van der Waals surface area contributed by atoms with Crippen LogP contribution in [0.1, 0.15) is 45.4 Å². The molecule has 2 fully saturated rings. The Hall–Kier alpha value is -1.91. The first-order valence-corrected chi connectivity index (χ1v) is 13.9. The van der Waals surface area contributed by atoms with Gasteiger partial charge in [-0.05, 0) is 63.3 Å². The first kappa shape index (κ1) is 23.3. The van der Waals surface area contributed by atoms with Gasteiger partial charge in [-0.2, -0.15) is 4.31 Å². The molecule has 0 N–H and O–H groups in total. The third-order valence-electron chi connectivity index (χ3n) is 6.13. The molecule has 174 valence electrons. The molecule has 0 bridgehead atoms. The molecule has 8 nitrogen and oxygen atoms in total. The lowest BCUT2D eigenvalue weighted by Gasteiger charge is -2.26. The van der Waals surface area contributed by atoms with Gasteiger partial charge in [0, 0.05) is 38.3 Å². The fourth-order valence-corrected chi connectivity index (χ4v) is 6.71. The van der Waals surface area contributed by atoms with Gasteiger partial charge in [0.1, 0.15) is 0 Å². The van der Waals surface area contributed by atoms with Crippen LogP contribution in [0.3, 0.4) is 0 Å². The summed E-state index contributed by atoms with van der Waals surface area (Å²) in [6.07, 6.45) is 6.27. The summed E-state index contributed by atoms with van der Waals surface area (Å²) in [5, 5.41) is 9.35. The van der Waals surface area contributed by atoms with Gasteiger partial charge in [0.15, 0.2) is 11.0 Å². The molecule has 0 radical (unpaired) electrons. The van der Waals surface area contributed by atoms with Crippen molar-refractivity contribution in [3.63, 3.8) is 0 Å². The zero-order chi connectivity index (χ0) is 22.6. The monoisotopic (exact) mass is 477 g/mol. The van der Waals surface area contributed by atoms with Crippen LogP contribution < -0.4 is 0 Å². The average Bonchev–Trinajstić information content (AvgIpc) is 3.26. The van der Waals surface area contributed by atoms with Gasteiger partial charge >= 0.3 is 0 Å². The van der Waals surface area contributed by atoms with Crippen LogP contribution in [0.15, 0.2) is 34.3 Å². The van der Waals surface area contributed by atoms with Crippen molar-refractivity contribution >= 4 is 27.7 Å². The molecule has 2 aliphatic heterocycles. The number of aromatic nitrogens is 3. The lowest BCUT2D eigenvalue weighted by atomic mass is 10.1. The van der Waals surface area contributed by atoms with Gasteiger partial charge in [-0.3, -0.25) is 4.79 Å². The minimum Gasteiger partial charge on any atom is -0.342 e. The van der Waals surface area contributed by atoms with Gasteiger partial charge in [-0.15, -0.1) is 10.2 Å². The molecule has 3 heterocycles. The van der Waals surface area contributed by atoms with E-state index in [1.54, 1.807) is 28.6 Å². The summed E-state index contributed by atoms with van der Waals surface area (Å²) in [4.78, 5) is 14.7. The van der Waals surface area contributed by atoms with Gasteiger partial charge in [-0.1, -0.05) is 18.2 Å². The van der Waals surface area contributed by atoms with Crippen molar-refractivity contribution in [3.05, 3.63) is 24.3 Å². The first-order valence-electron chi connectivity index (χ1n) is 11.4. The maximum absolute atomic E-state index is 12.9. The topological polar surface area (TPSA) is 88.4 Å². The Bertz CT molecular complexity index is 1020. The molecule has 0 saturated carbocycles. The summed E-state index contributed by atoms with van der Waals surface area (Å²) in [5.41, 5.74) is 0.811. The molecule has 0 unspecified atom stereocenters. The number of amides is 1. The van der Waals surface area contributed by atoms with Crippen LogP contribution in [-0.4, -0.2) is 70.2 Å². The summed E-state index contributed by atoms with van der Waals surface area (Å²) >= 11 is 1.41. The first-order chi connectivity index (χ1) is 15.5. The van der Waals surface area contributed by atoms with Crippen LogP contribution in [-0.2, 0) is 21.4 Å². The summed E-state index contributed by atoms with van der Waals surface area (Å²) in [6, 6.07) is 6.89. The van der Waals surface area contributed by atoms with Crippen molar-refractivity contribution in [2.45, 2.75) is 62.0 Å². The second-order valence-electron chi connectivity index (χ2n) is 8.27. The fraction of sp³-hybridized carbons (Fsp3) is 0.591. The van der Waals surface area contributed by atoms with E-state index in [1.165, 1.54) is 18.2 Å². The molecule has 0 atom stereocenters. The van der Waals surface area contributed by atoms with Gasteiger partial charge in [-0.25, -0.2) is 8.42 Å². The van der Waals surface area contributed by atoms with Crippen molar-refractivity contribution in [2.75, 3.05) is 31.9 Å². The normalized spacial score (nSPS) is 18.1. The maximum atomic E-state index is 12.9. The molecule has 2 aromatic rings. The number of carbonyl (C=O) groups is 1. The smallest absolute Gasteiger partial charge is 0.243 e. The minimum absolute atomic E-state index is 0.147. The van der Waals surface area contributed by atoms with E-state index in [0.29, 0.717) is 41.3 Å². The van der Waals surface area contributed by atoms with Crippen molar-refractivity contribution in [2.24, 2.45) is 0 Å². The highest BCUT2D eigenvalue weighted by Gasteiger charge is 2.26. The van der Waals surface area contributed by atoms with Gasteiger partial charge < -0.3 is 9.47 Å². The highest BCUT2D eigenvalue weighted by Crippen LogP contribution is 2.27. The number of carbonyl (C=O) groups excluding carboxylic acids is 1. The lowest BCUT2D eigenvalue weighted by molar-refractivity contribution is -0.129.